The van der Waals surface area contributed by atoms with Crippen LogP contribution in [0.4, 0.5) is 0 Å². The quantitative estimate of drug-likeness (QED) is 0.891. The van der Waals surface area contributed by atoms with Crippen LogP contribution in [0.15, 0.2) is 35.2 Å². The SMILES string of the molecule is Cc1cnn(C(C)CNC2CCN(Cc3ccco3)CC2)c1. The summed E-state index contributed by atoms with van der Waals surface area (Å²) in [5.41, 5.74) is 1.22. The summed E-state index contributed by atoms with van der Waals surface area (Å²) in [6.07, 6.45) is 8.18. The van der Waals surface area contributed by atoms with Gasteiger partial charge in [0, 0.05) is 31.9 Å². The van der Waals surface area contributed by atoms with Crippen LogP contribution in [0, 0.1) is 6.92 Å². The predicted octanol–water partition coefficient (Wildman–Crippen LogP) is 2.60. The smallest absolute Gasteiger partial charge is 0.117 e. The summed E-state index contributed by atoms with van der Waals surface area (Å²) in [6.45, 7) is 8.47. The second kappa shape index (κ2) is 7.11. The summed E-state index contributed by atoms with van der Waals surface area (Å²) >= 11 is 0. The summed E-state index contributed by atoms with van der Waals surface area (Å²) in [4.78, 5) is 2.47. The van der Waals surface area contributed by atoms with E-state index in [1.54, 1.807) is 6.26 Å². The summed E-state index contributed by atoms with van der Waals surface area (Å²) in [5.74, 6) is 1.06. The fourth-order valence-corrected chi connectivity index (χ4v) is 3.02. The monoisotopic (exact) mass is 302 g/mol. The van der Waals surface area contributed by atoms with Crippen LogP contribution in [0.1, 0.15) is 37.1 Å². The minimum atomic E-state index is 0.398. The first-order valence-corrected chi connectivity index (χ1v) is 8.19. The molecule has 1 unspecified atom stereocenters. The molecular formula is C17H26N4O. The van der Waals surface area contributed by atoms with E-state index in [0.717, 1.165) is 31.9 Å². The molecule has 0 spiro atoms. The van der Waals surface area contributed by atoms with Crippen LogP contribution in [0.2, 0.25) is 0 Å². The maximum Gasteiger partial charge on any atom is 0.117 e. The van der Waals surface area contributed by atoms with Crippen LogP contribution in [-0.2, 0) is 6.54 Å². The minimum absolute atomic E-state index is 0.398. The highest BCUT2D eigenvalue weighted by Crippen LogP contribution is 2.15. The Morgan fingerprint density at radius 2 is 2.23 bits per heavy atom. The molecule has 1 atom stereocenters. The zero-order valence-corrected chi connectivity index (χ0v) is 13.5. The number of nitrogens with zero attached hydrogens (tertiary/aromatic N) is 3. The maximum absolute atomic E-state index is 5.43. The number of likely N-dealkylation sites (tertiary alicyclic amines) is 1. The molecule has 0 bridgehead atoms. The molecule has 3 rings (SSSR count). The van der Waals surface area contributed by atoms with E-state index in [2.05, 4.69) is 41.4 Å². The van der Waals surface area contributed by atoms with Crippen LogP contribution in [0.25, 0.3) is 0 Å². The van der Waals surface area contributed by atoms with Gasteiger partial charge in [0.25, 0.3) is 0 Å². The highest BCUT2D eigenvalue weighted by molar-refractivity contribution is 5.00. The molecule has 22 heavy (non-hydrogen) atoms. The van der Waals surface area contributed by atoms with Gasteiger partial charge in [0.2, 0.25) is 0 Å². The molecule has 3 heterocycles. The van der Waals surface area contributed by atoms with Gasteiger partial charge < -0.3 is 9.73 Å². The van der Waals surface area contributed by atoms with Crippen molar-refractivity contribution in [2.45, 2.75) is 45.3 Å². The minimum Gasteiger partial charge on any atom is -0.468 e. The fraction of sp³-hybridized carbons (Fsp3) is 0.588. The Hall–Kier alpha value is -1.59. The number of nitrogens with one attached hydrogen (secondary N) is 1. The van der Waals surface area contributed by atoms with Crippen LogP contribution in [0.5, 0.6) is 0 Å². The van der Waals surface area contributed by atoms with Crippen molar-refractivity contribution in [1.82, 2.24) is 20.0 Å². The van der Waals surface area contributed by atoms with Crippen LogP contribution in [-0.4, -0.2) is 40.4 Å². The lowest BCUT2D eigenvalue weighted by Crippen LogP contribution is -2.43. The van der Waals surface area contributed by atoms with Crippen molar-refractivity contribution in [3.63, 3.8) is 0 Å². The van der Waals surface area contributed by atoms with Gasteiger partial charge in [-0.2, -0.15) is 5.10 Å². The van der Waals surface area contributed by atoms with Crippen LogP contribution in [0.3, 0.4) is 0 Å². The van der Waals surface area contributed by atoms with Gasteiger partial charge in [0.05, 0.1) is 25.0 Å². The Kier molecular flexibility index (Phi) is 4.95. The van der Waals surface area contributed by atoms with Gasteiger partial charge in [-0.05, 0) is 44.4 Å². The van der Waals surface area contributed by atoms with Gasteiger partial charge in [-0.3, -0.25) is 9.58 Å². The van der Waals surface area contributed by atoms with Crippen LogP contribution < -0.4 is 5.32 Å². The lowest BCUT2D eigenvalue weighted by molar-refractivity contribution is 0.176. The molecule has 2 aromatic heterocycles. The fourth-order valence-electron chi connectivity index (χ4n) is 3.02. The third kappa shape index (κ3) is 3.99. The van der Waals surface area contributed by atoms with E-state index < -0.39 is 0 Å². The molecule has 0 amide bonds. The summed E-state index contributed by atoms with van der Waals surface area (Å²) in [5, 5.41) is 8.09. The molecule has 0 saturated carbocycles. The van der Waals surface area contributed by atoms with Gasteiger partial charge in [0.15, 0.2) is 0 Å². The number of piperidine rings is 1. The molecule has 5 heteroatoms. The normalized spacial score (nSPS) is 18.6. The van der Waals surface area contributed by atoms with E-state index in [1.165, 1.54) is 18.4 Å². The third-order valence-corrected chi connectivity index (χ3v) is 4.43. The van der Waals surface area contributed by atoms with Crippen LogP contribution >= 0.6 is 0 Å². The topological polar surface area (TPSA) is 46.2 Å². The van der Waals surface area contributed by atoms with Crippen molar-refractivity contribution in [2.75, 3.05) is 19.6 Å². The second-order valence-corrected chi connectivity index (χ2v) is 6.38. The highest BCUT2D eigenvalue weighted by Gasteiger charge is 2.20. The van der Waals surface area contributed by atoms with Crippen molar-refractivity contribution in [1.29, 1.82) is 0 Å². The molecule has 1 fully saturated rings. The van der Waals surface area contributed by atoms with Gasteiger partial charge in [-0.25, -0.2) is 0 Å². The molecule has 1 aliphatic rings. The van der Waals surface area contributed by atoms with E-state index in [-0.39, 0.29) is 0 Å². The van der Waals surface area contributed by atoms with E-state index >= 15 is 0 Å². The molecule has 120 valence electrons. The lowest BCUT2D eigenvalue weighted by atomic mass is 10.0. The van der Waals surface area contributed by atoms with Crippen molar-refractivity contribution >= 4 is 0 Å². The number of furan rings is 1. The van der Waals surface area contributed by atoms with Gasteiger partial charge in [-0.15, -0.1) is 0 Å². The Labute approximate surface area is 132 Å². The number of rotatable bonds is 6. The average molecular weight is 302 g/mol. The number of hydrogen-bond acceptors (Lipinski definition) is 4. The predicted molar refractivity (Wildman–Crippen MR) is 86.7 cm³/mol. The summed E-state index contributed by atoms with van der Waals surface area (Å²) in [7, 11) is 0. The highest BCUT2D eigenvalue weighted by atomic mass is 16.3. The molecular weight excluding hydrogens is 276 g/mol. The van der Waals surface area contributed by atoms with Gasteiger partial charge >= 0.3 is 0 Å². The molecule has 0 radical (unpaired) electrons. The summed E-state index contributed by atoms with van der Waals surface area (Å²) in [6, 6.07) is 5.03. The molecule has 2 aromatic rings. The van der Waals surface area contributed by atoms with E-state index in [1.807, 2.05) is 16.9 Å². The Morgan fingerprint density at radius 1 is 1.41 bits per heavy atom. The van der Waals surface area contributed by atoms with Crippen molar-refractivity contribution < 1.29 is 4.42 Å². The van der Waals surface area contributed by atoms with E-state index in [9.17, 15) is 0 Å². The zero-order valence-electron chi connectivity index (χ0n) is 13.5. The first-order chi connectivity index (χ1) is 10.7. The Balaban J connectivity index is 1.38. The van der Waals surface area contributed by atoms with Gasteiger partial charge in [0.1, 0.15) is 5.76 Å². The summed E-state index contributed by atoms with van der Waals surface area (Å²) < 4.78 is 7.48. The number of aryl methyl sites for hydroxylation is 1. The number of hydrogen-bond donors (Lipinski definition) is 1. The maximum atomic E-state index is 5.43. The molecule has 5 nitrogen and oxygen atoms in total. The van der Waals surface area contributed by atoms with Crippen molar-refractivity contribution in [3.8, 4) is 0 Å². The lowest BCUT2D eigenvalue weighted by Gasteiger charge is -2.32. The average Bonchev–Trinajstić information content (AvgIpc) is 3.18. The Bertz CT molecular complexity index is 555. The largest absolute Gasteiger partial charge is 0.468 e. The van der Waals surface area contributed by atoms with Crippen molar-refractivity contribution in [3.05, 3.63) is 42.1 Å². The van der Waals surface area contributed by atoms with Gasteiger partial charge in [-0.1, -0.05) is 0 Å². The second-order valence-electron chi connectivity index (χ2n) is 6.38. The van der Waals surface area contributed by atoms with E-state index in [4.69, 9.17) is 4.42 Å². The third-order valence-electron chi connectivity index (χ3n) is 4.43. The Morgan fingerprint density at radius 3 is 2.86 bits per heavy atom. The zero-order chi connectivity index (χ0) is 15.4. The molecule has 1 aliphatic heterocycles. The molecule has 0 aliphatic carbocycles. The molecule has 1 saturated heterocycles. The molecule has 0 aromatic carbocycles. The first-order valence-electron chi connectivity index (χ1n) is 8.19. The molecule has 1 N–H and O–H groups in total. The first kappa shape index (κ1) is 15.3. The standard InChI is InChI=1S/C17H26N4O/c1-14-10-19-21(12-14)15(2)11-18-16-5-7-20(8-6-16)13-17-4-3-9-22-17/h3-4,9-10,12,15-16,18H,5-8,11,13H2,1-2H3. The van der Waals surface area contributed by atoms with Crippen molar-refractivity contribution in [2.24, 2.45) is 0 Å². The van der Waals surface area contributed by atoms with E-state index in [0.29, 0.717) is 12.1 Å². The number of aromatic nitrogens is 2.